The second-order valence-corrected chi connectivity index (χ2v) is 6.72. The first-order valence-electron chi connectivity index (χ1n) is 8.80. The van der Waals surface area contributed by atoms with E-state index in [0.29, 0.717) is 11.4 Å². The van der Waals surface area contributed by atoms with Crippen LogP contribution in [0.3, 0.4) is 0 Å². The molecule has 27 heavy (non-hydrogen) atoms. The molecule has 0 aromatic heterocycles. The Bertz CT molecular complexity index is 934. The zero-order chi connectivity index (χ0) is 19.6. The molecule has 0 aliphatic carbocycles. The molecule has 0 radical (unpaired) electrons. The molecule has 2 amide bonds. The first-order valence-corrected chi connectivity index (χ1v) is 8.80. The largest absolute Gasteiger partial charge is 0.482 e. The van der Waals surface area contributed by atoms with Gasteiger partial charge in [0.2, 0.25) is 0 Å². The molecule has 0 spiro atoms. The molecule has 1 heterocycles. The molecule has 1 aliphatic rings. The summed E-state index contributed by atoms with van der Waals surface area (Å²) in [6, 6.07) is 11.3. The Labute approximate surface area is 158 Å². The maximum absolute atomic E-state index is 12.4. The Kier molecular flexibility index (Phi) is 5.26. The van der Waals surface area contributed by atoms with Gasteiger partial charge in [-0.2, -0.15) is 5.10 Å². The second kappa shape index (κ2) is 7.61. The maximum Gasteiger partial charge on any atom is 0.265 e. The van der Waals surface area contributed by atoms with Crippen LogP contribution < -0.4 is 15.1 Å². The van der Waals surface area contributed by atoms with Crippen molar-refractivity contribution in [2.75, 3.05) is 18.1 Å². The summed E-state index contributed by atoms with van der Waals surface area (Å²) in [7, 11) is 0. The van der Waals surface area contributed by atoms with Gasteiger partial charge in [-0.15, -0.1) is 0 Å². The molecule has 0 unspecified atom stereocenters. The molecule has 0 bridgehead atoms. The fraction of sp³-hybridized carbons (Fsp3) is 0.286. The number of ether oxygens (including phenoxy) is 1. The molecule has 2 aromatic rings. The number of carbonyl (C=O) groups is 2. The molecule has 1 aliphatic heterocycles. The van der Waals surface area contributed by atoms with Gasteiger partial charge in [-0.1, -0.05) is 18.2 Å². The van der Waals surface area contributed by atoms with Crippen molar-refractivity contribution < 1.29 is 14.3 Å². The van der Waals surface area contributed by atoms with Crippen molar-refractivity contribution in [2.24, 2.45) is 5.10 Å². The van der Waals surface area contributed by atoms with Gasteiger partial charge in [0.05, 0.1) is 11.4 Å². The number of hydrazone groups is 1. The van der Waals surface area contributed by atoms with Gasteiger partial charge >= 0.3 is 0 Å². The van der Waals surface area contributed by atoms with Crippen LogP contribution in [0.1, 0.15) is 29.2 Å². The van der Waals surface area contributed by atoms with Gasteiger partial charge in [-0.25, -0.2) is 5.43 Å². The monoisotopic (exact) mass is 365 g/mol. The fourth-order valence-corrected chi connectivity index (χ4v) is 3.06. The lowest BCUT2D eigenvalue weighted by molar-refractivity contribution is -0.125. The zero-order valence-corrected chi connectivity index (χ0v) is 16.0. The first kappa shape index (κ1) is 18.6. The number of hydrogen-bond donors (Lipinski definition) is 1. The molecule has 6 nitrogen and oxygen atoms in total. The lowest BCUT2D eigenvalue weighted by Gasteiger charge is -2.28. The summed E-state index contributed by atoms with van der Waals surface area (Å²) in [5.41, 5.74) is 8.36. The summed E-state index contributed by atoms with van der Waals surface area (Å²) in [4.78, 5) is 25.9. The van der Waals surface area contributed by atoms with E-state index in [9.17, 15) is 9.59 Å². The third kappa shape index (κ3) is 4.00. The average Bonchev–Trinajstić information content (AvgIpc) is 2.65. The van der Waals surface area contributed by atoms with Crippen LogP contribution in [0.15, 0.2) is 41.5 Å². The fourth-order valence-electron chi connectivity index (χ4n) is 3.06. The predicted octanol–water partition coefficient (Wildman–Crippen LogP) is 2.88. The van der Waals surface area contributed by atoms with E-state index >= 15 is 0 Å². The lowest BCUT2D eigenvalue weighted by Crippen LogP contribution is -2.44. The molecule has 0 saturated carbocycles. The van der Waals surface area contributed by atoms with Crippen LogP contribution in [-0.4, -0.2) is 30.7 Å². The third-order valence-electron chi connectivity index (χ3n) is 4.69. The Morgan fingerprint density at radius 1 is 1.15 bits per heavy atom. The van der Waals surface area contributed by atoms with Crippen molar-refractivity contribution in [3.05, 3.63) is 58.7 Å². The first-order chi connectivity index (χ1) is 12.9. The van der Waals surface area contributed by atoms with Crippen LogP contribution in [0, 0.1) is 20.8 Å². The predicted molar refractivity (Wildman–Crippen MR) is 105 cm³/mol. The topological polar surface area (TPSA) is 71.0 Å². The van der Waals surface area contributed by atoms with Gasteiger partial charge in [0.15, 0.2) is 6.61 Å². The molecule has 0 fully saturated rings. The number of para-hydroxylation sites is 2. The third-order valence-corrected chi connectivity index (χ3v) is 4.69. The van der Waals surface area contributed by atoms with Gasteiger partial charge in [-0.3, -0.25) is 14.5 Å². The summed E-state index contributed by atoms with van der Waals surface area (Å²) < 4.78 is 5.39. The van der Waals surface area contributed by atoms with Crippen LogP contribution in [0.4, 0.5) is 5.69 Å². The number of carbonyl (C=O) groups excluding carboxylic acids is 2. The number of nitrogens with zero attached hydrogens (tertiary/aromatic N) is 2. The molecule has 140 valence electrons. The summed E-state index contributed by atoms with van der Waals surface area (Å²) in [5, 5.41) is 4.22. The number of hydrogen-bond acceptors (Lipinski definition) is 4. The summed E-state index contributed by atoms with van der Waals surface area (Å²) in [6.07, 6.45) is 0. The number of aryl methyl sites for hydroxylation is 3. The van der Waals surface area contributed by atoms with Crippen LogP contribution in [0.2, 0.25) is 0 Å². The van der Waals surface area contributed by atoms with Gasteiger partial charge in [0.1, 0.15) is 12.3 Å². The highest BCUT2D eigenvalue weighted by atomic mass is 16.5. The highest BCUT2D eigenvalue weighted by Crippen LogP contribution is 2.31. The van der Waals surface area contributed by atoms with Crippen LogP contribution in [-0.2, 0) is 9.59 Å². The van der Waals surface area contributed by atoms with Crippen molar-refractivity contribution in [1.82, 2.24) is 5.43 Å². The van der Waals surface area contributed by atoms with E-state index < -0.39 is 0 Å². The number of benzene rings is 2. The highest BCUT2D eigenvalue weighted by molar-refractivity contribution is 6.03. The minimum absolute atomic E-state index is 0.0750. The molecule has 6 heteroatoms. The van der Waals surface area contributed by atoms with Crippen molar-refractivity contribution >= 4 is 23.2 Å². The molecule has 0 saturated heterocycles. The number of nitrogens with one attached hydrogen (secondary N) is 1. The zero-order valence-electron chi connectivity index (χ0n) is 16.0. The van der Waals surface area contributed by atoms with Crippen LogP contribution >= 0.6 is 0 Å². The summed E-state index contributed by atoms with van der Waals surface area (Å²) in [5.74, 6) is -0.0224. The molecule has 1 N–H and O–H groups in total. The Morgan fingerprint density at radius 2 is 1.85 bits per heavy atom. The SMILES string of the molecule is C/C(=N/NC(=O)CN1C(=O)COc2ccccc21)c1cc(C)c(C)cc1C. The van der Waals surface area contributed by atoms with E-state index in [-0.39, 0.29) is 25.0 Å². The standard InChI is InChI=1S/C21H23N3O3/c1-13-9-15(3)17(10-14(13)2)16(4)22-23-20(25)11-24-18-7-5-6-8-19(18)27-12-21(24)26/h5-10H,11-12H2,1-4H3,(H,23,25)/b22-16-. The molecular formula is C21H23N3O3. The Hall–Kier alpha value is -3.15. The number of fused-ring (bicyclic) bond motifs is 1. The summed E-state index contributed by atoms with van der Waals surface area (Å²) >= 11 is 0. The van der Waals surface area contributed by atoms with Crippen LogP contribution in [0.25, 0.3) is 0 Å². The highest BCUT2D eigenvalue weighted by Gasteiger charge is 2.26. The molecule has 2 aromatic carbocycles. The molecular weight excluding hydrogens is 342 g/mol. The quantitative estimate of drug-likeness (QED) is 0.669. The van der Waals surface area contributed by atoms with Crippen molar-refractivity contribution in [3.63, 3.8) is 0 Å². The van der Waals surface area contributed by atoms with Gasteiger partial charge < -0.3 is 4.74 Å². The van der Waals surface area contributed by atoms with Gasteiger partial charge in [-0.05, 0) is 62.6 Å². The normalized spacial score (nSPS) is 13.9. The van der Waals surface area contributed by atoms with Gasteiger partial charge in [0.25, 0.3) is 11.8 Å². The number of rotatable bonds is 4. The summed E-state index contributed by atoms with van der Waals surface area (Å²) in [6.45, 7) is 7.80. The van der Waals surface area contributed by atoms with Crippen molar-refractivity contribution in [1.29, 1.82) is 0 Å². The van der Waals surface area contributed by atoms with E-state index in [1.54, 1.807) is 18.2 Å². The molecule has 0 atom stereocenters. The second-order valence-electron chi connectivity index (χ2n) is 6.72. The van der Waals surface area contributed by atoms with E-state index in [2.05, 4.69) is 29.6 Å². The van der Waals surface area contributed by atoms with Crippen molar-refractivity contribution in [2.45, 2.75) is 27.7 Å². The minimum atomic E-state index is -0.360. The maximum atomic E-state index is 12.4. The van der Waals surface area contributed by atoms with E-state index in [0.717, 1.165) is 16.8 Å². The lowest BCUT2D eigenvalue weighted by atomic mass is 9.98. The Morgan fingerprint density at radius 3 is 2.63 bits per heavy atom. The van der Waals surface area contributed by atoms with E-state index in [1.807, 2.05) is 26.8 Å². The number of anilines is 1. The average molecular weight is 365 g/mol. The number of amides is 2. The Balaban J connectivity index is 1.72. The molecule has 3 rings (SSSR count). The van der Waals surface area contributed by atoms with Gasteiger partial charge in [0, 0.05) is 5.56 Å². The van der Waals surface area contributed by atoms with E-state index in [1.165, 1.54) is 16.0 Å². The van der Waals surface area contributed by atoms with E-state index in [4.69, 9.17) is 4.74 Å². The minimum Gasteiger partial charge on any atom is -0.482 e. The van der Waals surface area contributed by atoms with Crippen molar-refractivity contribution in [3.8, 4) is 5.75 Å². The van der Waals surface area contributed by atoms with Crippen LogP contribution in [0.5, 0.6) is 5.75 Å². The smallest absolute Gasteiger partial charge is 0.265 e.